The number of aryl methyl sites for hydroxylation is 2. The van der Waals surface area contributed by atoms with Crippen molar-refractivity contribution in [2.75, 3.05) is 5.32 Å². The van der Waals surface area contributed by atoms with E-state index in [9.17, 15) is 4.79 Å². The molecule has 0 fully saturated rings. The van der Waals surface area contributed by atoms with Gasteiger partial charge in [0, 0.05) is 21.0 Å². The van der Waals surface area contributed by atoms with Crippen molar-refractivity contribution in [3.8, 4) is 11.3 Å². The lowest BCUT2D eigenvalue weighted by Gasteiger charge is -1.99. The van der Waals surface area contributed by atoms with Crippen molar-refractivity contribution in [3.63, 3.8) is 0 Å². The number of rotatable bonds is 3. The SMILES string of the molecule is Cc1cc(C(=O)Nc2nc(-c3ccc(Br)cc3)c(C)s2)on1. The fraction of sp³-hybridized carbons (Fsp3) is 0.133. The zero-order valence-corrected chi connectivity index (χ0v) is 14.3. The molecule has 0 radical (unpaired) electrons. The normalized spacial score (nSPS) is 10.7. The number of halogens is 1. The van der Waals surface area contributed by atoms with Gasteiger partial charge < -0.3 is 4.52 Å². The van der Waals surface area contributed by atoms with Crippen LogP contribution in [0.25, 0.3) is 11.3 Å². The van der Waals surface area contributed by atoms with E-state index >= 15 is 0 Å². The van der Waals surface area contributed by atoms with E-state index in [1.165, 1.54) is 11.3 Å². The Bertz CT molecular complexity index is 824. The van der Waals surface area contributed by atoms with E-state index in [1.54, 1.807) is 13.0 Å². The summed E-state index contributed by atoms with van der Waals surface area (Å²) in [7, 11) is 0. The van der Waals surface area contributed by atoms with Crippen molar-refractivity contribution in [1.82, 2.24) is 10.1 Å². The lowest BCUT2D eigenvalue weighted by Crippen LogP contribution is -2.10. The van der Waals surface area contributed by atoms with Crippen LogP contribution in [-0.2, 0) is 0 Å². The highest BCUT2D eigenvalue weighted by Gasteiger charge is 2.16. The van der Waals surface area contributed by atoms with Gasteiger partial charge in [-0.05, 0) is 26.0 Å². The Morgan fingerprint density at radius 3 is 2.64 bits per heavy atom. The van der Waals surface area contributed by atoms with Crippen molar-refractivity contribution in [1.29, 1.82) is 0 Å². The Kier molecular flexibility index (Phi) is 4.08. The second-order valence-electron chi connectivity index (χ2n) is 4.72. The number of carbonyl (C=O) groups excluding carboxylic acids is 1. The molecule has 0 aliphatic heterocycles. The molecule has 22 heavy (non-hydrogen) atoms. The standard InChI is InChI=1S/C15H12BrN3O2S/c1-8-7-12(21-19-8)14(20)18-15-17-13(9(2)22-15)10-3-5-11(16)6-4-10/h3-7H,1-2H3,(H,17,18,20). The third-order valence-corrected chi connectivity index (χ3v) is 4.40. The van der Waals surface area contributed by atoms with E-state index in [0.29, 0.717) is 10.8 Å². The number of carbonyl (C=O) groups is 1. The molecule has 1 N–H and O–H groups in total. The average molecular weight is 378 g/mol. The second kappa shape index (κ2) is 6.02. The van der Waals surface area contributed by atoms with E-state index in [-0.39, 0.29) is 11.7 Å². The summed E-state index contributed by atoms with van der Waals surface area (Å²) in [6, 6.07) is 9.48. The highest BCUT2D eigenvalue weighted by Crippen LogP contribution is 2.31. The van der Waals surface area contributed by atoms with Crippen LogP contribution >= 0.6 is 27.3 Å². The topological polar surface area (TPSA) is 68.0 Å². The first kappa shape index (κ1) is 14.9. The maximum atomic E-state index is 12.0. The number of hydrogen-bond acceptors (Lipinski definition) is 5. The van der Waals surface area contributed by atoms with Crippen molar-refractivity contribution in [2.45, 2.75) is 13.8 Å². The maximum absolute atomic E-state index is 12.0. The monoisotopic (exact) mass is 377 g/mol. The molecule has 0 spiro atoms. The van der Waals surface area contributed by atoms with Gasteiger partial charge in [0.1, 0.15) is 0 Å². The molecule has 3 aromatic rings. The third kappa shape index (κ3) is 3.10. The molecule has 0 saturated carbocycles. The predicted molar refractivity (Wildman–Crippen MR) is 89.2 cm³/mol. The van der Waals surface area contributed by atoms with Gasteiger partial charge in [-0.25, -0.2) is 4.98 Å². The van der Waals surface area contributed by atoms with Gasteiger partial charge >= 0.3 is 0 Å². The van der Waals surface area contributed by atoms with Crippen molar-refractivity contribution < 1.29 is 9.32 Å². The van der Waals surface area contributed by atoms with Crippen molar-refractivity contribution in [3.05, 3.63) is 51.1 Å². The van der Waals surface area contributed by atoms with E-state index in [4.69, 9.17) is 4.52 Å². The van der Waals surface area contributed by atoms with Gasteiger partial charge in [-0.1, -0.05) is 33.2 Å². The molecule has 5 nitrogen and oxygen atoms in total. The van der Waals surface area contributed by atoms with Crippen LogP contribution in [-0.4, -0.2) is 16.0 Å². The Morgan fingerprint density at radius 2 is 2.00 bits per heavy atom. The number of benzene rings is 1. The van der Waals surface area contributed by atoms with Gasteiger partial charge in [0.15, 0.2) is 5.13 Å². The van der Waals surface area contributed by atoms with Crippen LogP contribution in [0.4, 0.5) is 5.13 Å². The first-order valence-corrected chi connectivity index (χ1v) is 8.12. The van der Waals surface area contributed by atoms with Gasteiger partial charge in [0.25, 0.3) is 5.91 Å². The minimum absolute atomic E-state index is 0.176. The first-order chi connectivity index (χ1) is 10.5. The summed E-state index contributed by atoms with van der Waals surface area (Å²) < 4.78 is 5.96. The van der Waals surface area contributed by atoms with Crippen LogP contribution in [0, 0.1) is 13.8 Å². The molecule has 0 saturated heterocycles. The molecular weight excluding hydrogens is 366 g/mol. The fourth-order valence-electron chi connectivity index (χ4n) is 1.95. The summed E-state index contributed by atoms with van der Waals surface area (Å²) in [5.41, 5.74) is 2.53. The number of hydrogen-bond donors (Lipinski definition) is 1. The van der Waals surface area contributed by atoms with Crippen LogP contribution in [0.1, 0.15) is 21.1 Å². The number of aromatic nitrogens is 2. The fourth-order valence-corrected chi connectivity index (χ4v) is 3.05. The zero-order chi connectivity index (χ0) is 15.7. The number of nitrogens with one attached hydrogen (secondary N) is 1. The summed E-state index contributed by atoms with van der Waals surface area (Å²) in [6.45, 7) is 3.74. The molecule has 0 atom stereocenters. The van der Waals surface area contributed by atoms with E-state index < -0.39 is 0 Å². The summed E-state index contributed by atoms with van der Waals surface area (Å²) in [4.78, 5) is 17.6. The summed E-state index contributed by atoms with van der Waals surface area (Å²) in [5.74, 6) is -0.174. The minimum atomic E-state index is -0.350. The number of thiazole rings is 1. The molecule has 1 amide bonds. The van der Waals surface area contributed by atoms with Gasteiger partial charge in [-0.15, -0.1) is 11.3 Å². The van der Waals surface area contributed by atoms with E-state index in [0.717, 1.165) is 20.6 Å². The van der Waals surface area contributed by atoms with Crippen molar-refractivity contribution in [2.24, 2.45) is 0 Å². The molecule has 2 heterocycles. The largest absolute Gasteiger partial charge is 0.351 e. The molecular formula is C15H12BrN3O2S. The molecule has 112 valence electrons. The molecule has 0 bridgehead atoms. The number of nitrogens with zero attached hydrogens (tertiary/aromatic N) is 2. The highest BCUT2D eigenvalue weighted by molar-refractivity contribution is 9.10. The molecule has 0 unspecified atom stereocenters. The Balaban J connectivity index is 1.83. The minimum Gasteiger partial charge on any atom is -0.351 e. The summed E-state index contributed by atoms with van der Waals surface area (Å²) >= 11 is 4.84. The molecule has 2 aromatic heterocycles. The third-order valence-electron chi connectivity index (χ3n) is 2.99. The quantitative estimate of drug-likeness (QED) is 0.732. The van der Waals surface area contributed by atoms with Crippen molar-refractivity contribution >= 4 is 38.3 Å². The van der Waals surface area contributed by atoms with Crippen LogP contribution in [0.15, 0.2) is 39.3 Å². The lowest BCUT2D eigenvalue weighted by atomic mass is 10.1. The lowest BCUT2D eigenvalue weighted by molar-refractivity contribution is 0.0988. The van der Waals surface area contributed by atoms with Gasteiger partial charge in [0.2, 0.25) is 5.76 Å². The molecule has 0 aliphatic carbocycles. The number of amides is 1. The van der Waals surface area contributed by atoms with Gasteiger partial charge in [-0.2, -0.15) is 0 Å². The summed E-state index contributed by atoms with van der Waals surface area (Å²) in [6.07, 6.45) is 0. The summed E-state index contributed by atoms with van der Waals surface area (Å²) in [5, 5.41) is 6.98. The Hall–Kier alpha value is -1.99. The van der Waals surface area contributed by atoms with Crippen LogP contribution in [0.2, 0.25) is 0 Å². The highest BCUT2D eigenvalue weighted by atomic mass is 79.9. The van der Waals surface area contributed by atoms with Gasteiger partial charge in [-0.3, -0.25) is 10.1 Å². The Morgan fingerprint density at radius 1 is 1.27 bits per heavy atom. The maximum Gasteiger partial charge on any atom is 0.296 e. The molecule has 0 aliphatic rings. The molecule has 3 rings (SSSR count). The average Bonchev–Trinajstić information content (AvgIpc) is 3.06. The molecule has 1 aromatic carbocycles. The van der Waals surface area contributed by atoms with E-state index in [2.05, 4.69) is 31.4 Å². The van der Waals surface area contributed by atoms with Crippen LogP contribution in [0.3, 0.4) is 0 Å². The van der Waals surface area contributed by atoms with E-state index in [1.807, 2.05) is 31.2 Å². The van der Waals surface area contributed by atoms with Gasteiger partial charge in [0.05, 0.1) is 11.4 Å². The number of anilines is 1. The van der Waals surface area contributed by atoms with Crippen LogP contribution in [0.5, 0.6) is 0 Å². The first-order valence-electron chi connectivity index (χ1n) is 6.51. The Labute approximate surface area is 139 Å². The predicted octanol–water partition coefficient (Wildman–Crippen LogP) is 4.43. The zero-order valence-electron chi connectivity index (χ0n) is 11.9. The molecule has 7 heteroatoms. The smallest absolute Gasteiger partial charge is 0.296 e. The van der Waals surface area contributed by atoms with Crippen LogP contribution < -0.4 is 5.32 Å². The second-order valence-corrected chi connectivity index (χ2v) is 6.84.